The monoisotopic (exact) mass is 206 g/mol. The van der Waals surface area contributed by atoms with E-state index in [1.807, 2.05) is 26.0 Å². The van der Waals surface area contributed by atoms with Crippen molar-refractivity contribution in [1.82, 2.24) is 0 Å². The minimum atomic E-state index is -0.927. The van der Waals surface area contributed by atoms with Crippen LogP contribution in [-0.4, -0.2) is 17.7 Å². The Hall–Kier alpha value is -1.77. The van der Waals surface area contributed by atoms with Gasteiger partial charge in [-0.25, -0.2) is 4.79 Å². The maximum atomic E-state index is 10.8. The lowest BCUT2D eigenvalue weighted by atomic mass is 10.1. The molecule has 0 bridgehead atoms. The van der Waals surface area contributed by atoms with E-state index in [1.165, 1.54) is 0 Å². The van der Waals surface area contributed by atoms with Gasteiger partial charge < -0.3 is 9.84 Å². The Labute approximate surface area is 89.0 Å². The van der Waals surface area contributed by atoms with Crippen molar-refractivity contribution in [2.24, 2.45) is 0 Å². The fourth-order valence-electron chi connectivity index (χ4n) is 1.29. The number of aromatic carboxylic acids is 1. The third-order valence-electron chi connectivity index (χ3n) is 1.96. The first-order chi connectivity index (χ1) is 7.19. The van der Waals surface area contributed by atoms with Gasteiger partial charge in [0.1, 0.15) is 5.76 Å². The lowest BCUT2D eigenvalue weighted by Crippen LogP contribution is -1.98. The minimum Gasteiger partial charge on any atom is -0.494 e. The van der Waals surface area contributed by atoms with Crippen LogP contribution in [0.15, 0.2) is 30.3 Å². The molecule has 1 rings (SSSR count). The summed E-state index contributed by atoms with van der Waals surface area (Å²) in [7, 11) is 0. The number of carboxylic acid groups (broad SMARTS) is 1. The van der Waals surface area contributed by atoms with Crippen molar-refractivity contribution in [2.45, 2.75) is 13.8 Å². The predicted octanol–water partition coefficient (Wildman–Crippen LogP) is 2.78. The van der Waals surface area contributed by atoms with Gasteiger partial charge in [0.2, 0.25) is 0 Å². The van der Waals surface area contributed by atoms with Gasteiger partial charge in [0.15, 0.2) is 0 Å². The highest BCUT2D eigenvalue weighted by molar-refractivity contribution is 5.88. The SMILES string of the molecule is C/C=C(\OCC)c1cccc(C(=O)O)c1. The summed E-state index contributed by atoms with van der Waals surface area (Å²) in [4.78, 5) is 10.8. The first kappa shape index (κ1) is 11.3. The van der Waals surface area contributed by atoms with Crippen molar-refractivity contribution in [2.75, 3.05) is 6.61 Å². The van der Waals surface area contributed by atoms with Gasteiger partial charge in [-0.15, -0.1) is 0 Å². The molecule has 0 saturated heterocycles. The molecule has 0 atom stereocenters. The molecule has 0 unspecified atom stereocenters. The largest absolute Gasteiger partial charge is 0.494 e. The number of carboxylic acids is 1. The van der Waals surface area contributed by atoms with Gasteiger partial charge in [-0.05, 0) is 32.1 Å². The van der Waals surface area contributed by atoms with Crippen molar-refractivity contribution in [3.8, 4) is 0 Å². The Balaban J connectivity index is 3.03. The zero-order valence-corrected chi connectivity index (χ0v) is 8.86. The van der Waals surface area contributed by atoms with Crippen LogP contribution in [0.25, 0.3) is 5.76 Å². The van der Waals surface area contributed by atoms with Crippen LogP contribution in [0.2, 0.25) is 0 Å². The quantitative estimate of drug-likeness (QED) is 0.770. The number of hydrogen-bond acceptors (Lipinski definition) is 2. The maximum Gasteiger partial charge on any atom is 0.335 e. The Bertz CT molecular complexity index is 380. The highest BCUT2D eigenvalue weighted by atomic mass is 16.5. The first-order valence-electron chi connectivity index (χ1n) is 4.82. The van der Waals surface area contributed by atoms with E-state index < -0.39 is 5.97 Å². The molecule has 0 amide bonds. The standard InChI is InChI=1S/C12H14O3/c1-3-11(15-4-2)9-6-5-7-10(8-9)12(13)14/h3,5-8H,4H2,1-2H3,(H,13,14)/b11-3-. The molecule has 1 N–H and O–H groups in total. The van der Waals surface area contributed by atoms with Crippen LogP contribution in [0, 0.1) is 0 Å². The molecule has 3 nitrogen and oxygen atoms in total. The molecule has 0 aliphatic heterocycles. The molecule has 3 heteroatoms. The van der Waals surface area contributed by atoms with Gasteiger partial charge in [0, 0.05) is 5.56 Å². The van der Waals surface area contributed by atoms with Gasteiger partial charge in [0.05, 0.1) is 12.2 Å². The Kier molecular flexibility index (Phi) is 3.92. The Morgan fingerprint density at radius 2 is 2.13 bits per heavy atom. The van der Waals surface area contributed by atoms with Gasteiger partial charge in [-0.2, -0.15) is 0 Å². The summed E-state index contributed by atoms with van der Waals surface area (Å²) >= 11 is 0. The molecule has 80 valence electrons. The third kappa shape index (κ3) is 2.84. The summed E-state index contributed by atoms with van der Waals surface area (Å²) in [5.74, 6) is -0.218. The van der Waals surface area contributed by atoms with Gasteiger partial charge in [-0.3, -0.25) is 0 Å². The van der Waals surface area contributed by atoms with Crippen LogP contribution in [0.4, 0.5) is 0 Å². The number of carbonyl (C=O) groups is 1. The van der Waals surface area contributed by atoms with E-state index >= 15 is 0 Å². The summed E-state index contributed by atoms with van der Waals surface area (Å²) in [6.07, 6.45) is 1.82. The smallest absolute Gasteiger partial charge is 0.335 e. The average molecular weight is 206 g/mol. The van der Waals surface area contributed by atoms with Gasteiger partial charge in [-0.1, -0.05) is 12.1 Å². The van der Waals surface area contributed by atoms with Gasteiger partial charge in [0.25, 0.3) is 0 Å². The number of hydrogen-bond donors (Lipinski definition) is 1. The minimum absolute atomic E-state index is 0.270. The molecule has 0 heterocycles. The van der Waals surface area contributed by atoms with E-state index in [1.54, 1.807) is 18.2 Å². The lowest BCUT2D eigenvalue weighted by Gasteiger charge is -2.08. The van der Waals surface area contributed by atoms with Crippen LogP contribution in [0.3, 0.4) is 0 Å². The van der Waals surface area contributed by atoms with Gasteiger partial charge >= 0.3 is 5.97 Å². The number of ether oxygens (including phenoxy) is 1. The second-order valence-electron chi connectivity index (χ2n) is 2.97. The summed E-state index contributed by atoms with van der Waals surface area (Å²) in [5, 5.41) is 8.83. The second kappa shape index (κ2) is 5.20. The van der Waals surface area contributed by atoms with Crippen LogP contribution in [0.5, 0.6) is 0 Å². The Morgan fingerprint density at radius 3 is 2.67 bits per heavy atom. The van der Waals surface area contributed by atoms with Crippen LogP contribution in [-0.2, 0) is 4.74 Å². The summed E-state index contributed by atoms with van der Waals surface area (Å²) < 4.78 is 5.38. The number of benzene rings is 1. The predicted molar refractivity (Wildman–Crippen MR) is 58.7 cm³/mol. The second-order valence-corrected chi connectivity index (χ2v) is 2.97. The summed E-state index contributed by atoms with van der Waals surface area (Å²) in [6.45, 7) is 4.32. The molecular formula is C12H14O3. The molecule has 15 heavy (non-hydrogen) atoms. The third-order valence-corrected chi connectivity index (χ3v) is 1.96. The number of allylic oxidation sites excluding steroid dienone is 1. The average Bonchev–Trinajstić information content (AvgIpc) is 2.26. The number of rotatable bonds is 4. The topological polar surface area (TPSA) is 46.5 Å². The Morgan fingerprint density at radius 1 is 1.47 bits per heavy atom. The molecule has 1 aromatic carbocycles. The molecule has 0 aromatic heterocycles. The van der Waals surface area contributed by atoms with E-state index in [2.05, 4.69) is 0 Å². The van der Waals surface area contributed by atoms with Crippen molar-refractivity contribution < 1.29 is 14.6 Å². The van der Waals surface area contributed by atoms with Crippen molar-refractivity contribution >= 4 is 11.7 Å². The lowest BCUT2D eigenvalue weighted by molar-refractivity contribution is 0.0697. The van der Waals surface area contributed by atoms with E-state index in [-0.39, 0.29) is 5.56 Å². The molecule has 0 spiro atoms. The molecule has 1 aromatic rings. The van der Waals surface area contributed by atoms with Crippen molar-refractivity contribution in [1.29, 1.82) is 0 Å². The molecular weight excluding hydrogens is 192 g/mol. The van der Waals surface area contributed by atoms with E-state index in [9.17, 15) is 4.79 Å². The highest BCUT2D eigenvalue weighted by Crippen LogP contribution is 2.17. The highest BCUT2D eigenvalue weighted by Gasteiger charge is 2.06. The molecule has 0 fully saturated rings. The molecule has 0 saturated carbocycles. The van der Waals surface area contributed by atoms with Crippen LogP contribution >= 0.6 is 0 Å². The zero-order valence-electron chi connectivity index (χ0n) is 8.86. The van der Waals surface area contributed by atoms with E-state index in [4.69, 9.17) is 9.84 Å². The van der Waals surface area contributed by atoms with E-state index in [0.29, 0.717) is 12.4 Å². The zero-order chi connectivity index (χ0) is 11.3. The summed E-state index contributed by atoms with van der Waals surface area (Å²) in [6, 6.07) is 6.71. The van der Waals surface area contributed by atoms with E-state index in [0.717, 1.165) is 5.56 Å². The summed E-state index contributed by atoms with van der Waals surface area (Å²) in [5.41, 5.74) is 1.06. The first-order valence-corrected chi connectivity index (χ1v) is 4.82. The molecule has 0 aliphatic carbocycles. The fourth-order valence-corrected chi connectivity index (χ4v) is 1.29. The van der Waals surface area contributed by atoms with Crippen LogP contribution < -0.4 is 0 Å². The van der Waals surface area contributed by atoms with Crippen molar-refractivity contribution in [3.05, 3.63) is 41.5 Å². The maximum absolute atomic E-state index is 10.8. The molecule has 0 radical (unpaired) electrons. The normalized spacial score (nSPS) is 11.2. The van der Waals surface area contributed by atoms with Crippen LogP contribution in [0.1, 0.15) is 29.8 Å². The fraction of sp³-hybridized carbons (Fsp3) is 0.250. The molecule has 0 aliphatic rings. The van der Waals surface area contributed by atoms with Crippen molar-refractivity contribution in [3.63, 3.8) is 0 Å².